The molecule has 5 nitrogen and oxygen atoms in total. The molecule has 2 aromatic rings. The number of hydrogen-bond acceptors (Lipinski definition) is 4. The lowest BCUT2D eigenvalue weighted by molar-refractivity contribution is -0.133. The monoisotopic (exact) mass is 366 g/mol. The molecule has 0 aromatic heterocycles. The molecule has 4 rings (SSSR count). The summed E-state index contributed by atoms with van der Waals surface area (Å²) in [5.74, 6) is 1.53. The molecule has 2 unspecified atom stereocenters. The van der Waals surface area contributed by atoms with E-state index in [1.165, 1.54) is 12.8 Å². The van der Waals surface area contributed by atoms with E-state index in [0.717, 1.165) is 30.8 Å². The first-order valence-electron chi connectivity index (χ1n) is 9.70. The van der Waals surface area contributed by atoms with E-state index < -0.39 is 0 Å². The van der Waals surface area contributed by atoms with Gasteiger partial charge in [0.05, 0.1) is 0 Å². The van der Waals surface area contributed by atoms with Crippen molar-refractivity contribution < 1.29 is 14.3 Å². The Morgan fingerprint density at radius 1 is 0.926 bits per heavy atom. The van der Waals surface area contributed by atoms with Gasteiger partial charge in [0.25, 0.3) is 5.91 Å². The molecule has 1 amide bonds. The molecule has 0 aliphatic carbocycles. The summed E-state index contributed by atoms with van der Waals surface area (Å²) in [6.45, 7) is 2.24. The van der Waals surface area contributed by atoms with Crippen LogP contribution in [0.25, 0.3) is 0 Å². The number of likely N-dealkylation sites (tertiary alicyclic amines) is 1. The van der Waals surface area contributed by atoms with E-state index in [-0.39, 0.29) is 12.5 Å². The van der Waals surface area contributed by atoms with Crippen LogP contribution < -0.4 is 14.8 Å². The van der Waals surface area contributed by atoms with E-state index in [2.05, 4.69) is 5.32 Å². The molecular formula is C22H26N2O3. The highest BCUT2D eigenvalue weighted by Crippen LogP contribution is 2.21. The normalized spacial score (nSPS) is 21.6. The van der Waals surface area contributed by atoms with Crippen LogP contribution >= 0.6 is 0 Å². The molecule has 142 valence electrons. The molecule has 2 fully saturated rings. The van der Waals surface area contributed by atoms with Gasteiger partial charge >= 0.3 is 0 Å². The van der Waals surface area contributed by atoms with Crippen molar-refractivity contribution in [3.63, 3.8) is 0 Å². The number of amides is 1. The fourth-order valence-corrected chi connectivity index (χ4v) is 3.78. The molecule has 1 N–H and O–H groups in total. The van der Waals surface area contributed by atoms with Gasteiger partial charge in [-0.15, -0.1) is 0 Å². The minimum absolute atomic E-state index is 0.0637. The molecule has 0 saturated carbocycles. The highest BCUT2D eigenvalue weighted by Gasteiger charge is 2.31. The van der Waals surface area contributed by atoms with Crippen LogP contribution in [0.15, 0.2) is 54.6 Å². The maximum Gasteiger partial charge on any atom is 0.260 e. The number of nitrogens with zero attached hydrogens (tertiary/aromatic N) is 1. The SMILES string of the molecule is O=C(COc1ccc(OCc2ccccc2)cc1)N1CCC2CCC(C1)N2. The van der Waals surface area contributed by atoms with Crippen LogP contribution in [0.3, 0.4) is 0 Å². The Balaban J connectivity index is 1.24. The van der Waals surface area contributed by atoms with Crippen LogP contribution in [0, 0.1) is 0 Å². The number of fused-ring (bicyclic) bond motifs is 2. The first-order chi connectivity index (χ1) is 13.3. The molecule has 2 atom stereocenters. The van der Waals surface area contributed by atoms with Gasteiger partial charge in [0.15, 0.2) is 6.61 Å². The van der Waals surface area contributed by atoms with Crippen LogP contribution in [0.4, 0.5) is 0 Å². The zero-order valence-electron chi connectivity index (χ0n) is 15.5. The number of carbonyl (C=O) groups is 1. The minimum atomic E-state index is 0.0637. The molecule has 2 bridgehead atoms. The molecule has 2 heterocycles. The Hall–Kier alpha value is -2.53. The summed E-state index contributed by atoms with van der Waals surface area (Å²) in [5, 5.41) is 3.59. The summed E-state index contributed by atoms with van der Waals surface area (Å²) in [6, 6.07) is 18.5. The van der Waals surface area contributed by atoms with Gasteiger partial charge in [-0.1, -0.05) is 30.3 Å². The average molecular weight is 366 g/mol. The van der Waals surface area contributed by atoms with Crippen molar-refractivity contribution in [2.75, 3.05) is 19.7 Å². The van der Waals surface area contributed by atoms with Gasteiger partial charge in [-0.25, -0.2) is 0 Å². The highest BCUT2D eigenvalue weighted by atomic mass is 16.5. The summed E-state index contributed by atoms with van der Waals surface area (Å²) < 4.78 is 11.5. The van der Waals surface area contributed by atoms with E-state index in [0.29, 0.717) is 24.4 Å². The van der Waals surface area contributed by atoms with Crippen LogP contribution in [0.5, 0.6) is 11.5 Å². The molecule has 0 radical (unpaired) electrons. The van der Waals surface area contributed by atoms with E-state index in [9.17, 15) is 4.79 Å². The number of benzene rings is 2. The third-order valence-corrected chi connectivity index (χ3v) is 5.31. The van der Waals surface area contributed by atoms with Crippen LogP contribution in [-0.2, 0) is 11.4 Å². The van der Waals surface area contributed by atoms with Crippen molar-refractivity contribution in [2.45, 2.75) is 38.0 Å². The highest BCUT2D eigenvalue weighted by molar-refractivity contribution is 5.77. The minimum Gasteiger partial charge on any atom is -0.489 e. The predicted octanol–water partition coefficient (Wildman–Crippen LogP) is 3.00. The lowest BCUT2D eigenvalue weighted by atomic mass is 10.1. The second-order valence-electron chi connectivity index (χ2n) is 7.30. The van der Waals surface area contributed by atoms with E-state index >= 15 is 0 Å². The summed E-state index contributed by atoms with van der Waals surface area (Å²) in [4.78, 5) is 14.4. The maximum atomic E-state index is 12.5. The van der Waals surface area contributed by atoms with Crippen molar-refractivity contribution in [2.24, 2.45) is 0 Å². The van der Waals surface area contributed by atoms with Crippen molar-refractivity contribution in [3.8, 4) is 11.5 Å². The van der Waals surface area contributed by atoms with E-state index in [1.54, 1.807) is 0 Å². The first-order valence-corrected chi connectivity index (χ1v) is 9.70. The summed E-state index contributed by atoms with van der Waals surface area (Å²) in [7, 11) is 0. The molecule has 2 aromatic carbocycles. The van der Waals surface area contributed by atoms with Gasteiger partial charge in [0, 0.05) is 25.2 Å². The van der Waals surface area contributed by atoms with E-state index in [4.69, 9.17) is 9.47 Å². The van der Waals surface area contributed by atoms with Crippen molar-refractivity contribution in [3.05, 3.63) is 60.2 Å². The molecule has 2 aliphatic heterocycles. The summed E-state index contributed by atoms with van der Waals surface area (Å²) in [6.07, 6.45) is 3.44. The Morgan fingerprint density at radius 2 is 1.63 bits per heavy atom. The number of hydrogen-bond donors (Lipinski definition) is 1. The van der Waals surface area contributed by atoms with Gasteiger partial charge in [-0.05, 0) is 49.1 Å². The lowest BCUT2D eigenvalue weighted by Crippen LogP contribution is -2.41. The Kier molecular flexibility index (Phi) is 5.58. The largest absolute Gasteiger partial charge is 0.489 e. The number of ether oxygens (including phenoxy) is 2. The number of carbonyl (C=O) groups excluding carboxylic acids is 1. The van der Waals surface area contributed by atoms with Crippen LogP contribution in [0.2, 0.25) is 0 Å². The fourth-order valence-electron chi connectivity index (χ4n) is 3.78. The molecule has 0 spiro atoms. The standard InChI is InChI=1S/C22H26N2O3/c25-22(24-13-12-18-6-7-19(14-24)23-18)16-27-21-10-8-20(9-11-21)26-15-17-4-2-1-3-5-17/h1-5,8-11,18-19,23H,6-7,12-16H2. The second kappa shape index (κ2) is 8.44. The Bertz CT molecular complexity index is 748. The third kappa shape index (κ3) is 4.80. The quantitative estimate of drug-likeness (QED) is 0.854. The zero-order valence-corrected chi connectivity index (χ0v) is 15.5. The predicted molar refractivity (Wildman–Crippen MR) is 104 cm³/mol. The number of rotatable bonds is 6. The Labute approximate surface area is 160 Å². The van der Waals surface area contributed by atoms with Gasteiger partial charge in [-0.3, -0.25) is 4.79 Å². The second-order valence-corrected chi connectivity index (χ2v) is 7.30. The van der Waals surface area contributed by atoms with Gasteiger partial charge in [0.1, 0.15) is 18.1 Å². The summed E-state index contributed by atoms with van der Waals surface area (Å²) in [5.41, 5.74) is 1.13. The maximum absolute atomic E-state index is 12.5. The first kappa shape index (κ1) is 17.9. The average Bonchev–Trinajstić information content (AvgIpc) is 3.04. The Morgan fingerprint density at radius 3 is 2.41 bits per heavy atom. The number of nitrogens with one attached hydrogen (secondary N) is 1. The molecule has 2 aliphatic rings. The zero-order chi connectivity index (χ0) is 18.5. The van der Waals surface area contributed by atoms with Gasteiger partial charge in [-0.2, -0.15) is 0 Å². The lowest BCUT2D eigenvalue weighted by Gasteiger charge is -2.24. The van der Waals surface area contributed by atoms with Gasteiger partial charge < -0.3 is 19.7 Å². The third-order valence-electron chi connectivity index (χ3n) is 5.31. The van der Waals surface area contributed by atoms with Crippen molar-refractivity contribution >= 4 is 5.91 Å². The summed E-state index contributed by atoms with van der Waals surface area (Å²) >= 11 is 0. The molecular weight excluding hydrogens is 340 g/mol. The van der Waals surface area contributed by atoms with Crippen LogP contribution in [0.1, 0.15) is 24.8 Å². The molecule has 5 heteroatoms. The smallest absolute Gasteiger partial charge is 0.260 e. The van der Waals surface area contributed by atoms with E-state index in [1.807, 2.05) is 59.5 Å². The molecule has 2 saturated heterocycles. The van der Waals surface area contributed by atoms with Crippen molar-refractivity contribution in [1.82, 2.24) is 10.2 Å². The molecule has 27 heavy (non-hydrogen) atoms. The topological polar surface area (TPSA) is 50.8 Å². The van der Waals surface area contributed by atoms with Crippen LogP contribution in [-0.4, -0.2) is 42.6 Å². The van der Waals surface area contributed by atoms with Crippen molar-refractivity contribution in [1.29, 1.82) is 0 Å². The fraction of sp³-hybridized carbons (Fsp3) is 0.409. The van der Waals surface area contributed by atoms with Gasteiger partial charge in [0.2, 0.25) is 0 Å².